The molecule has 1 aliphatic heterocycles. The van der Waals surface area contributed by atoms with Gasteiger partial charge in [0, 0.05) is 28.7 Å². The average molecular weight is 442 g/mol. The van der Waals surface area contributed by atoms with E-state index in [9.17, 15) is 4.79 Å². The molecule has 29 heavy (non-hydrogen) atoms. The summed E-state index contributed by atoms with van der Waals surface area (Å²) < 4.78 is 2.19. The molecule has 1 N–H and O–H groups in total. The number of amidine groups is 1. The van der Waals surface area contributed by atoms with Crippen LogP contribution in [0.4, 0.5) is 5.69 Å². The smallest absolute Gasteiger partial charge is 0.264 e. The second-order valence-corrected chi connectivity index (χ2v) is 8.29. The van der Waals surface area contributed by atoms with Crippen molar-refractivity contribution in [1.29, 1.82) is 0 Å². The van der Waals surface area contributed by atoms with E-state index >= 15 is 0 Å². The van der Waals surface area contributed by atoms with E-state index in [1.165, 1.54) is 11.8 Å². The van der Waals surface area contributed by atoms with Gasteiger partial charge in [-0.3, -0.25) is 4.79 Å². The van der Waals surface area contributed by atoms with Crippen LogP contribution in [0, 0.1) is 6.92 Å². The Kier molecular flexibility index (Phi) is 5.54. The molecule has 0 radical (unpaired) electrons. The Morgan fingerprint density at radius 3 is 2.79 bits per heavy atom. The minimum atomic E-state index is -0.188. The summed E-state index contributed by atoms with van der Waals surface area (Å²) in [7, 11) is 0. The van der Waals surface area contributed by atoms with Crippen molar-refractivity contribution in [3.63, 3.8) is 0 Å². The molecular weight excluding hydrogens is 425 g/mol. The molecule has 2 aromatic carbocycles. The third kappa shape index (κ3) is 3.73. The Morgan fingerprint density at radius 2 is 2.00 bits per heavy atom. The van der Waals surface area contributed by atoms with Gasteiger partial charge in [0.05, 0.1) is 20.6 Å². The maximum absolute atomic E-state index is 12.5. The van der Waals surface area contributed by atoms with Gasteiger partial charge in [-0.1, -0.05) is 53.5 Å². The number of carbonyl (C=O) groups excluding carboxylic acids is 1. The number of rotatable bonds is 4. The molecule has 146 valence electrons. The number of allylic oxidation sites excluding steroid dienone is 1. The fraction of sp³-hybridized carbons (Fsp3) is 0.0909. The number of para-hydroxylation sites is 1. The summed E-state index contributed by atoms with van der Waals surface area (Å²) in [5.74, 6) is -0.188. The van der Waals surface area contributed by atoms with Gasteiger partial charge in [-0.05, 0) is 43.0 Å². The van der Waals surface area contributed by atoms with E-state index in [1.54, 1.807) is 18.2 Å². The minimum Gasteiger partial charge on any atom is -0.340 e. The first kappa shape index (κ1) is 19.8. The van der Waals surface area contributed by atoms with Crippen LogP contribution in [0.1, 0.15) is 11.3 Å². The van der Waals surface area contributed by atoms with Crippen molar-refractivity contribution in [2.45, 2.75) is 13.5 Å². The van der Waals surface area contributed by atoms with Crippen molar-refractivity contribution in [3.8, 4) is 0 Å². The Morgan fingerprint density at radius 1 is 1.21 bits per heavy atom. The number of aliphatic imine (C=N–C) groups is 1. The number of thioether (sulfide) groups is 1. The van der Waals surface area contributed by atoms with Gasteiger partial charge in [-0.25, -0.2) is 4.99 Å². The van der Waals surface area contributed by atoms with Crippen LogP contribution in [-0.2, 0) is 11.3 Å². The zero-order chi connectivity index (χ0) is 20.5. The average Bonchev–Trinajstić information content (AvgIpc) is 3.18. The zero-order valence-electron chi connectivity index (χ0n) is 15.6. The predicted octanol–water partition coefficient (Wildman–Crippen LogP) is 6.33. The molecule has 3 aromatic rings. The molecule has 0 aliphatic carbocycles. The molecule has 4 nitrogen and oxygen atoms in total. The highest BCUT2D eigenvalue weighted by Gasteiger charge is 2.25. The van der Waals surface area contributed by atoms with Gasteiger partial charge in [0.1, 0.15) is 0 Å². The fourth-order valence-electron chi connectivity index (χ4n) is 3.30. The number of nitrogens with one attached hydrogen (secondary N) is 1. The molecule has 1 aromatic heterocycles. The molecule has 2 heterocycles. The lowest BCUT2D eigenvalue weighted by Gasteiger charge is -2.04. The third-order valence-electron chi connectivity index (χ3n) is 4.67. The second-order valence-electron chi connectivity index (χ2n) is 6.47. The van der Waals surface area contributed by atoms with Gasteiger partial charge in [0.25, 0.3) is 5.91 Å². The number of amides is 1. The van der Waals surface area contributed by atoms with Gasteiger partial charge < -0.3 is 9.88 Å². The fourth-order valence-corrected chi connectivity index (χ4v) is 4.46. The van der Waals surface area contributed by atoms with Crippen molar-refractivity contribution in [3.05, 3.63) is 81.3 Å². The van der Waals surface area contributed by atoms with Crippen molar-refractivity contribution in [1.82, 2.24) is 9.88 Å². The van der Waals surface area contributed by atoms with Crippen molar-refractivity contribution in [2.24, 2.45) is 4.99 Å². The summed E-state index contributed by atoms with van der Waals surface area (Å²) in [4.78, 5) is 17.6. The van der Waals surface area contributed by atoms with E-state index in [4.69, 9.17) is 23.2 Å². The number of hydrogen-bond donors (Lipinski definition) is 1. The van der Waals surface area contributed by atoms with E-state index in [0.717, 1.165) is 22.2 Å². The summed E-state index contributed by atoms with van der Waals surface area (Å²) >= 11 is 13.5. The summed E-state index contributed by atoms with van der Waals surface area (Å²) in [5.41, 5.74) is 3.72. The molecule has 0 bridgehead atoms. The molecule has 0 atom stereocenters. The molecule has 7 heteroatoms. The Bertz CT molecular complexity index is 1210. The van der Waals surface area contributed by atoms with E-state index < -0.39 is 0 Å². The molecule has 0 unspecified atom stereocenters. The van der Waals surface area contributed by atoms with Crippen molar-refractivity contribution in [2.75, 3.05) is 0 Å². The van der Waals surface area contributed by atoms with Crippen LogP contribution in [0.5, 0.6) is 0 Å². The lowest BCUT2D eigenvalue weighted by atomic mass is 10.1. The monoisotopic (exact) mass is 441 g/mol. The van der Waals surface area contributed by atoms with Gasteiger partial charge in [-0.15, -0.1) is 6.58 Å². The Balaban J connectivity index is 1.74. The van der Waals surface area contributed by atoms with Crippen LogP contribution in [0.25, 0.3) is 17.0 Å². The molecule has 1 aliphatic rings. The first-order chi connectivity index (χ1) is 14.0. The summed E-state index contributed by atoms with van der Waals surface area (Å²) in [5, 5.41) is 5.14. The molecule has 1 amide bonds. The van der Waals surface area contributed by atoms with E-state index in [1.807, 2.05) is 31.2 Å². The minimum absolute atomic E-state index is 0.188. The molecule has 1 fully saturated rings. The first-order valence-electron chi connectivity index (χ1n) is 8.92. The van der Waals surface area contributed by atoms with E-state index in [2.05, 4.69) is 33.6 Å². The Labute approximate surface area is 182 Å². The van der Waals surface area contributed by atoms with Crippen LogP contribution in [-0.4, -0.2) is 15.6 Å². The largest absolute Gasteiger partial charge is 0.340 e. The Hall–Kier alpha value is -2.47. The lowest BCUT2D eigenvalue weighted by molar-refractivity contribution is -0.115. The van der Waals surface area contributed by atoms with Gasteiger partial charge >= 0.3 is 0 Å². The number of halogens is 2. The number of fused-ring (bicyclic) bond motifs is 1. The van der Waals surface area contributed by atoms with Gasteiger partial charge in [0.15, 0.2) is 5.17 Å². The van der Waals surface area contributed by atoms with Crippen LogP contribution in [0.15, 0.2) is 65.0 Å². The maximum atomic E-state index is 12.5. The zero-order valence-corrected chi connectivity index (χ0v) is 17.9. The lowest BCUT2D eigenvalue weighted by Crippen LogP contribution is -2.19. The highest BCUT2D eigenvalue weighted by Crippen LogP contribution is 2.36. The number of carbonyl (C=O) groups is 1. The summed E-state index contributed by atoms with van der Waals surface area (Å²) in [6.07, 6.45) is 3.78. The van der Waals surface area contributed by atoms with Crippen LogP contribution >= 0.6 is 35.0 Å². The maximum Gasteiger partial charge on any atom is 0.264 e. The van der Waals surface area contributed by atoms with Crippen molar-refractivity contribution < 1.29 is 4.79 Å². The van der Waals surface area contributed by atoms with Crippen molar-refractivity contribution >= 4 is 68.7 Å². The van der Waals surface area contributed by atoms with E-state index in [0.29, 0.717) is 32.4 Å². The standard InChI is InChI=1S/C22H17Cl2N3OS/c1-3-11-27-13(2)15(14-7-4-5-10-18(14)27)12-19-21(28)26-22(29-19)25-17-9-6-8-16(23)20(17)24/h3-10,12H,1,11H2,2H3,(H,25,26,28)/b19-12-. The van der Waals surface area contributed by atoms with Crippen LogP contribution in [0.2, 0.25) is 10.0 Å². The van der Waals surface area contributed by atoms with Crippen LogP contribution < -0.4 is 5.32 Å². The first-order valence-corrected chi connectivity index (χ1v) is 10.5. The predicted molar refractivity (Wildman–Crippen MR) is 124 cm³/mol. The third-order valence-corrected chi connectivity index (χ3v) is 6.39. The molecule has 0 spiro atoms. The SMILES string of the molecule is C=CCn1c(C)c(/C=C2\SC(=Nc3cccc(Cl)c3Cl)NC2=O)c2ccccc21. The molecule has 4 rings (SSSR count). The second kappa shape index (κ2) is 8.11. The topological polar surface area (TPSA) is 46.4 Å². The van der Waals surface area contributed by atoms with E-state index in [-0.39, 0.29) is 5.91 Å². The quantitative estimate of drug-likeness (QED) is 0.379. The number of nitrogens with zero attached hydrogens (tertiary/aromatic N) is 2. The highest BCUT2D eigenvalue weighted by atomic mass is 35.5. The molecule has 1 saturated heterocycles. The number of aromatic nitrogens is 1. The number of benzene rings is 2. The van der Waals surface area contributed by atoms with Crippen LogP contribution in [0.3, 0.4) is 0 Å². The molecule has 0 saturated carbocycles. The molecular formula is C22H17Cl2N3OS. The highest BCUT2D eigenvalue weighted by molar-refractivity contribution is 8.18. The number of hydrogen-bond acceptors (Lipinski definition) is 3. The normalized spacial score (nSPS) is 16.7. The summed E-state index contributed by atoms with van der Waals surface area (Å²) in [6.45, 7) is 6.60. The summed E-state index contributed by atoms with van der Waals surface area (Å²) in [6, 6.07) is 13.4. The van der Waals surface area contributed by atoms with Gasteiger partial charge in [-0.2, -0.15) is 0 Å². The van der Waals surface area contributed by atoms with Gasteiger partial charge in [0.2, 0.25) is 0 Å².